The lowest BCUT2D eigenvalue weighted by atomic mass is 9.47. The van der Waals surface area contributed by atoms with Crippen LogP contribution in [0, 0.1) is 28.6 Å². The molecule has 3 saturated carbocycles. The first-order chi connectivity index (χ1) is 10.7. The molecule has 0 amide bonds. The van der Waals surface area contributed by atoms with Crippen LogP contribution in [0.4, 0.5) is 0 Å². The monoisotopic (exact) mass is 316 g/mol. The Kier molecular flexibility index (Phi) is 3.02. The molecule has 4 aliphatic carbocycles. The van der Waals surface area contributed by atoms with Gasteiger partial charge in [0.2, 0.25) is 5.78 Å². The average molecular weight is 316 g/mol. The Bertz CT molecular complexity index is 629. The molecule has 4 aliphatic rings. The molecule has 0 heterocycles. The van der Waals surface area contributed by atoms with Gasteiger partial charge in [-0.1, -0.05) is 19.4 Å². The van der Waals surface area contributed by atoms with Crippen LogP contribution in [0.1, 0.15) is 59.3 Å². The van der Waals surface area contributed by atoms with Gasteiger partial charge < -0.3 is 10.2 Å². The first-order valence-electron chi connectivity index (χ1n) is 9.09. The summed E-state index contributed by atoms with van der Waals surface area (Å²) in [5.41, 5.74) is 0.480. The summed E-state index contributed by atoms with van der Waals surface area (Å²) >= 11 is 0. The van der Waals surface area contributed by atoms with Crippen LogP contribution in [0.25, 0.3) is 0 Å². The Morgan fingerprint density at radius 3 is 2.52 bits per heavy atom. The molecule has 0 radical (unpaired) electrons. The van der Waals surface area contributed by atoms with Crippen LogP contribution in [0.15, 0.2) is 23.5 Å². The number of carbonyl (C=O) groups excluding carboxylic acids is 1. The minimum absolute atomic E-state index is 0.0159. The van der Waals surface area contributed by atoms with Crippen LogP contribution in [-0.4, -0.2) is 21.6 Å². The van der Waals surface area contributed by atoms with E-state index in [2.05, 4.69) is 13.8 Å². The number of aliphatic hydroxyl groups excluding tert-OH is 1. The highest BCUT2D eigenvalue weighted by Gasteiger charge is 2.62. The van der Waals surface area contributed by atoms with Gasteiger partial charge in [-0.25, -0.2) is 0 Å². The molecule has 0 aromatic heterocycles. The van der Waals surface area contributed by atoms with E-state index in [0.29, 0.717) is 17.8 Å². The van der Waals surface area contributed by atoms with Crippen LogP contribution in [-0.2, 0) is 4.79 Å². The molecule has 0 aromatic rings. The van der Waals surface area contributed by atoms with Gasteiger partial charge in [0.05, 0.1) is 5.60 Å². The standard InChI is InChI=1S/C20H28O3/c1-18-11-17(22)16(21)10-12(18)4-5-13-14(18)6-8-19(2)15(13)7-9-20(19,3)23/h10-11,13-15,22-23H,4-9H2,1-3H3/t13-,14+,15+,18+,19+,20-/m1/s1. The van der Waals surface area contributed by atoms with Gasteiger partial charge in [0, 0.05) is 5.41 Å². The first-order valence-corrected chi connectivity index (χ1v) is 9.09. The summed E-state index contributed by atoms with van der Waals surface area (Å²) in [7, 11) is 0. The predicted octanol–water partition coefficient (Wildman–Crippen LogP) is 3.93. The smallest absolute Gasteiger partial charge is 0.219 e. The fourth-order valence-corrected chi connectivity index (χ4v) is 6.52. The summed E-state index contributed by atoms with van der Waals surface area (Å²) in [4.78, 5) is 11.8. The first kappa shape index (κ1) is 15.4. The van der Waals surface area contributed by atoms with E-state index >= 15 is 0 Å². The van der Waals surface area contributed by atoms with E-state index in [4.69, 9.17) is 0 Å². The minimum Gasteiger partial charge on any atom is -0.504 e. The highest BCUT2D eigenvalue weighted by atomic mass is 16.3. The molecule has 0 unspecified atom stereocenters. The molecule has 4 rings (SSSR count). The third kappa shape index (κ3) is 1.83. The fraction of sp³-hybridized carbons (Fsp3) is 0.750. The van der Waals surface area contributed by atoms with Crippen LogP contribution in [0.5, 0.6) is 0 Å². The molecule has 3 fully saturated rings. The highest BCUT2D eigenvalue weighted by Crippen LogP contribution is 2.66. The van der Waals surface area contributed by atoms with Crippen molar-refractivity contribution in [3.8, 4) is 0 Å². The molecule has 6 atom stereocenters. The summed E-state index contributed by atoms with van der Waals surface area (Å²) < 4.78 is 0. The molecule has 126 valence electrons. The molecule has 0 aliphatic heterocycles. The topological polar surface area (TPSA) is 57.5 Å². The van der Waals surface area contributed by atoms with E-state index < -0.39 is 5.60 Å². The maximum Gasteiger partial charge on any atom is 0.219 e. The second-order valence-electron chi connectivity index (χ2n) is 9.03. The van der Waals surface area contributed by atoms with Crippen LogP contribution in [0.3, 0.4) is 0 Å². The quantitative estimate of drug-likeness (QED) is 0.712. The lowest BCUT2D eigenvalue weighted by Crippen LogP contribution is -2.53. The molecule has 0 spiro atoms. The Labute approximate surface area is 138 Å². The lowest BCUT2D eigenvalue weighted by molar-refractivity contribution is -0.117. The van der Waals surface area contributed by atoms with Crippen molar-refractivity contribution in [2.45, 2.75) is 64.9 Å². The second kappa shape index (κ2) is 4.50. The van der Waals surface area contributed by atoms with Gasteiger partial charge in [0.15, 0.2) is 5.76 Å². The lowest BCUT2D eigenvalue weighted by Gasteiger charge is -2.57. The SMILES string of the molecule is C[C@]12C=C(O)C(=O)C=C1CC[C@@H]1[C@@H]2CC[C@@]2(C)[C@H]1CC[C@@]2(C)O. The largest absolute Gasteiger partial charge is 0.504 e. The van der Waals surface area contributed by atoms with E-state index in [0.717, 1.165) is 38.5 Å². The van der Waals surface area contributed by atoms with Gasteiger partial charge >= 0.3 is 0 Å². The maximum atomic E-state index is 11.8. The van der Waals surface area contributed by atoms with Crippen molar-refractivity contribution in [1.82, 2.24) is 0 Å². The normalized spacial score (nSPS) is 52.2. The average Bonchev–Trinajstić information content (AvgIpc) is 2.71. The van der Waals surface area contributed by atoms with E-state index in [1.54, 1.807) is 6.08 Å². The number of rotatable bonds is 0. The number of allylic oxidation sites excluding steroid dienone is 3. The molecule has 0 aromatic carbocycles. The molecule has 3 heteroatoms. The molecule has 0 bridgehead atoms. The predicted molar refractivity (Wildman–Crippen MR) is 88.8 cm³/mol. The van der Waals surface area contributed by atoms with Gasteiger partial charge in [0.1, 0.15) is 0 Å². The molecular weight excluding hydrogens is 288 g/mol. The molecule has 23 heavy (non-hydrogen) atoms. The highest BCUT2D eigenvalue weighted by molar-refractivity contribution is 6.04. The van der Waals surface area contributed by atoms with Crippen LogP contribution < -0.4 is 0 Å². The zero-order valence-corrected chi connectivity index (χ0v) is 14.4. The van der Waals surface area contributed by atoms with Gasteiger partial charge in [0.25, 0.3) is 0 Å². The van der Waals surface area contributed by atoms with Crippen molar-refractivity contribution in [2.24, 2.45) is 28.6 Å². The Hall–Kier alpha value is -1.09. The number of carbonyl (C=O) groups is 1. The van der Waals surface area contributed by atoms with Crippen molar-refractivity contribution in [2.75, 3.05) is 0 Å². The third-order valence-corrected chi connectivity index (χ3v) is 8.20. The summed E-state index contributed by atoms with van der Waals surface area (Å²) in [6.07, 6.45) is 9.69. The molecule has 0 saturated heterocycles. The minimum atomic E-state index is -0.555. The van der Waals surface area contributed by atoms with Gasteiger partial charge in [-0.05, 0) is 80.8 Å². The Morgan fingerprint density at radius 2 is 1.78 bits per heavy atom. The number of ketones is 1. The van der Waals surface area contributed by atoms with Crippen molar-refractivity contribution in [1.29, 1.82) is 0 Å². The third-order valence-electron chi connectivity index (χ3n) is 8.20. The van der Waals surface area contributed by atoms with Crippen LogP contribution in [0.2, 0.25) is 0 Å². The summed E-state index contributed by atoms with van der Waals surface area (Å²) in [6.45, 7) is 6.51. The fourth-order valence-electron chi connectivity index (χ4n) is 6.52. The number of fused-ring (bicyclic) bond motifs is 5. The van der Waals surface area contributed by atoms with Crippen molar-refractivity contribution < 1.29 is 15.0 Å². The van der Waals surface area contributed by atoms with E-state index in [1.807, 2.05) is 13.0 Å². The Balaban J connectivity index is 1.73. The van der Waals surface area contributed by atoms with E-state index in [1.165, 1.54) is 5.57 Å². The summed E-state index contributed by atoms with van der Waals surface area (Å²) in [5, 5.41) is 20.9. The summed E-state index contributed by atoms with van der Waals surface area (Å²) in [5.74, 6) is 1.30. The van der Waals surface area contributed by atoms with Gasteiger partial charge in [-0.15, -0.1) is 0 Å². The number of hydrogen-bond acceptors (Lipinski definition) is 3. The van der Waals surface area contributed by atoms with Crippen molar-refractivity contribution in [3.63, 3.8) is 0 Å². The zero-order valence-electron chi connectivity index (χ0n) is 14.4. The van der Waals surface area contributed by atoms with Crippen molar-refractivity contribution >= 4 is 5.78 Å². The number of hydrogen-bond donors (Lipinski definition) is 2. The summed E-state index contributed by atoms with van der Waals surface area (Å²) in [6, 6.07) is 0. The molecular formula is C20H28O3. The maximum absolute atomic E-state index is 11.8. The van der Waals surface area contributed by atoms with Gasteiger partial charge in [-0.2, -0.15) is 0 Å². The molecule has 2 N–H and O–H groups in total. The zero-order chi connectivity index (χ0) is 16.6. The number of aliphatic hydroxyl groups is 2. The second-order valence-corrected chi connectivity index (χ2v) is 9.03. The van der Waals surface area contributed by atoms with Crippen molar-refractivity contribution in [3.05, 3.63) is 23.5 Å². The van der Waals surface area contributed by atoms with Gasteiger partial charge in [-0.3, -0.25) is 4.79 Å². The van der Waals surface area contributed by atoms with Crippen LogP contribution >= 0.6 is 0 Å². The Morgan fingerprint density at radius 1 is 1.09 bits per heavy atom. The van der Waals surface area contributed by atoms with E-state index in [9.17, 15) is 15.0 Å². The molecule has 3 nitrogen and oxygen atoms in total. The van der Waals surface area contributed by atoms with E-state index in [-0.39, 0.29) is 22.4 Å².